The molecule has 208 valence electrons. The molecule has 2 aliphatic heterocycles. The van der Waals surface area contributed by atoms with Crippen LogP contribution in [0.1, 0.15) is 58.1 Å². The minimum Gasteiger partial charge on any atom is -0.487 e. The number of piperidine rings is 1. The Kier molecular flexibility index (Phi) is 7.87. The summed E-state index contributed by atoms with van der Waals surface area (Å²) in [7, 11) is 0. The van der Waals surface area contributed by atoms with Gasteiger partial charge in [-0.05, 0) is 104 Å². The standard InChI is InChI=1S/C34H42FNO3/c1-23(9-8-12-25-13-15-28(35)16-14-25)24(2)27-19-31-32(34(37,38)20-27)29-22-36(21-26-10-6-5-7-11-26)18-17-30(29)33(3,4)39-31/h5-7,10-11,13-16,19-20,23-24,30,37-38H,8-9,12,17-18,21-22H2,1-4H3. The van der Waals surface area contributed by atoms with Crippen molar-refractivity contribution in [3.05, 3.63) is 106 Å². The smallest absolute Gasteiger partial charge is 0.214 e. The fraction of sp³-hybridized carbons (Fsp3) is 0.471. The minimum absolute atomic E-state index is 0.126. The van der Waals surface area contributed by atoms with Gasteiger partial charge in [-0.15, -0.1) is 0 Å². The third kappa shape index (κ3) is 6.06. The average Bonchev–Trinajstić information content (AvgIpc) is 2.88. The molecule has 1 saturated heterocycles. The third-order valence-corrected chi connectivity index (χ3v) is 9.03. The van der Waals surface area contributed by atoms with E-state index in [1.54, 1.807) is 6.08 Å². The number of aryl methyl sites for hydroxylation is 1. The van der Waals surface area contributed by atoms with Crippen molar-refractivity contribution in [1.29, 1.82) is 0 Å². The van der Waals surface area contributed by atoms with Gasteiger partial charge in [-0.3, -0.25) is 4.90 Å². The first kappa shape index (κ1) is 27.8. The second kappa shape index (κ2) is 11.0. The van der Waals surface area contributed by atoms with Gasteiger partial charge in [0, 0.05) is 19.0 Å². The van der Waals surface area contributed by atoms with E-state index >= 15 is 0 Å². The summed E-state index contributed by atoms with van der Waals surface area (Å²) in [5, 5.41) is 22.9. The first-order chi connectivity index (χ1) is 18.5. The molecule has 2 N–H and O–H groups in total. The topological polar surface area (TPSA) is 52.9 Å². The monoisotopic (exact) mass is 531 g/mol. The number of rotatable bonds is 8. The molecule has 2 aromatic carbocycles. The van der Waals surface area contributed by atoms with E-state index < -0.39 is 11.4 Å². The van der Waals surface area contributed by atoms with Crippen LogP contribution >= 0.6 is 0 Å². The van der Waals surface area contributed by atoms with Crippen LogP contribution in [0.15, 0.2) is 89.2 Å². The summed E-state index contributed by atoms with van der Waals surface area (Å²) >= 11 is 0. The number of halogens is 1. The Bertz CT molecular complexity index is 1260. The first-order valence-corrected chi connectivity index (χ1v) is 14.4. The fourth-order valence-corrected chi connectivity index (χ4v) is 6.61. The van der Waals surface area contributed by atoms with Crippen LogP contribution in [0.5, 0.6) is 0 Å². The van der Waals surface area contributed by atoms with E-state index in [-0.39, 0.29) is 17.7 Å². The van der Waals surface area contributed by atoms with Gasteiger partial charge in [0.15, 0.2) is 0 Å². The molecule has 2 heterocycles. The summed E-state index contributed by atoms with van der Waals surface area (Å²) < 4.78 is 19.7. The van der Waals surface area contributed by atoms with E-state index in [1.165, 1.54) is 17.7 Å². The van der Waals surface area contributed by atoms with Crippen molar-refractivity contribution < 1.29 is 19.3 Å². The minimum atomic E-state index is -2.07. The van der Waals surface area contributed by atoms with Crippen molar-refractivity contribution in [3.63, 3.8) is 0 Å². The predicted molar refractivity (Wildman–Crippen MR) is 153 cm³/mol. The number of fused-ring (bicyclic) bond motifs is 2. The molecule has 3 aliphatic rings. The molecule has 1 fully saturated rings. The van der Waals surface area contributed by atoms with Gasteiger partial charge in [-0.1, -0.05) is 56.3 Å². The van der Waals surface area contributed by atoms with Crippen molar-refractivity contribution in [2.75, 3.05) is 13.1 Å². The van der Waals surface area contributed by atoms with Gasteiger partial charge in [0.25, 0.3) is 0 Å². The molecule has 0 bridgehead atoms. The molecule has 0 saturated carbocycles. The van der Waals surface area contributed by atoms with Gasteiger partial charge in [0.1, 0.15) is 17.2 Å². The number of aliphatic hydroxyl groups is 2. The number of likely N-dealkylation sites (tertiary alicyclic amines) is 1. The number of hydrogen-bond donors (Lipinski definition) is 2. The van der Waals surface area contributed by atoms with Crippen molar-refractivity contribution in [3.8, 4) is 0 Å². The van der Waals surface area contributed by atoms with Crippen molar-refractivity contribution >= 4 is 0 Å². The molecule has 0 aromatic heterocycles. The Morgan fingerprint density at radius 2 is 1.74 bits per heavy atom. The van der Waals surface area contributed by atoms with Crippen molar-refractivity contribution in [2.24, 2.45) is 17.8 Å². The second-order valence-corrected chi connectivity index (χ2v) is 12.3. The predicted octanol–water partition coefficient (Wildman–Crippen LogP) is 6.55. The molecule has 1 aliphatic carbocycles. The summed E-state index contributed by atoms with van der Waals surface area (Å²) in [6, 6.07) is 17.2. The number of benzene rings is 2. The van der Waals surface area contributed by atoms with E-state index in [2.05, 4.69) is 56.9 Å². The summed E-state index contributed by atoms with van der Waals surface area (Å²) in [6.07, 6.45) is 7.47. The number of nitrogens with zero attached hydrogens (tertiary/aromatic N) is 1. The average molecular weight is 532 g/mol. The SMILES string of the molecule is CC(CCCc1ccc(F)cc1)C(C)C1=CC(O)(O)C2=C3CN(Cc4ccccc4)CCC3C(C)(C)OC2=C1. The van der Waals surface area contributed by atoms with Crippen LogP contribution in [0.25, 0.3) is 0 Å². The summed E-state index contributed by atoms with van der Waals surface area (Å²) in [4.78, 5) is 2.40. The molecule has 0 spiro atoms. The van der Waals surface area contributed by atoms with Gasteiger partial charge in [-0.25, -0.2) is 4.39 Å². The number of allylic oxidation sites excluding steroid dienone is 2. The van der Waals surface area contributed by atoms with Crippen LogP contribution in [-0.2, 0) is 17.7 Å². The molecule has 4 nitrogen and oxygen atoms in total. The van der Waals surface area contributed by atoms with Crippen LogP contribution < -0.4 is 0 Å². The van der Waals surface area contributed by atoms with E-state index in [0.29, 0.717) is 23.8 Å². The highest BCUT2D eigenvalue weighted by Crippen LogP contribution is 2.49. The molecule has 0 radical (unpaired) electrons. The van der Waals surface area contributed by atoms with E-state index in [4.69, 9.17) is 4.74 Å². The summed E-state index contributed by atoms with van der Waals surface area (Å²) in [6.45, 7) is 11.1. The Morgan fingerprint density at radius 1 is 1.03 bits per heavy atom. The highest BCUT2D eigenvalue weighted by Gasteiger charge is 2.49. The van der Waals surface area contributed by atoms with Crippen LogP contribution in [-0.4, -0.2) is 39.6 Å². The van der Waals surface area contributed by atoms with Gasteiger partial charge < -0.3 is 14.9 Å². The lowest BCUT2D eigenvalue weighted by Gasteiger charge is -2.50. The highest BCUT2D eigenvalue weighted by atomic mass is 19.1. The molecular formula is C34H42FNO3. The molecule has 2 aromatic rings. The Hall–Kier alpha value is -2.73. The largest absolute Gasteiger partial charge is 0.487 e. The van der Waals surface area contributed by atoms with Crippen molar-refractivity contribution in [2.45, 2.75) is 71.3 Å². The van der Waals surface area contributed by atoms with Gasteiger partial charge >= 0.3 is 0 Å². The summed E-state index contributed by atoms with van der Waals surface area (Å²) in [5.74, 6) is -1.09. The first-order valence-electron chi connectivity index (χ1n) is 14.4. The van der Waals surface area contributed by atoms with Crippen LogP contribution in [0, 0.1) is 23.6 Å². The second-order valence-electron chi connectivity index (χ2n) is 12.3. The molecular weight excluding hydrogens is 489 g/mol. The molecule has 3 atom stereocenters. The highest BCUT2D eigenvalue weighted by molar-refractivity contribution is 5.52. The molecule has 0 amide bonds. The Labute approximate surface area is 232 Å². The van der Waals surface area contributed by atoms with E-state index in [0.717, 1.165) is 55.5 Å². The molecule has 39 heavy (non-hydrogen) atoms. The van der Waals surface area contributed by atoms with Crippen LogP contribution in [0.3, 0.4) is 0 Å². The van der Waals surface area contributed by atoms with Gasteiger partial charge in [-0.2, -0.15) is 0 Å². The lowest BCUT2D eigenvalue weighted by Crippen LogP contribution is -2.51. The van der Waals surface area contributed by atoms with E-state index in [9.17, 15) is 14.6 Å². The van der Waals surface area contributed by atoms with Crippen molar-refractivity contribution in [1.82, 2.24) is 4.90 Å². The zero-order valence-electron chi connectivity index (χ0n) is 23.7. The lowest BCUT2D eigenvalue weighted by molar-refractivity contribution is -0.108. The maximum atomic E-state index is 13.2. The lowest BCUT2D eigenvalue weighted by atomic mass is 9.71. The molecule has 5 heteroatoms. The zero-order valence-corrected chi connectivity index (χ0v) is 23.7. The van der Waals surface area contributed by atoms with Crippen LogP contribution in [0.4, 0.5) is 4.39 Å². The summed E-state index contributed by atoms with van der Waals surface area (Å²) in [5.41, 5.74) is 4.49. The van der Waals surface area contributed by atoms with Crippen LogP contribution in [0.2, 0.25) is 0 Å². The Balaban J connectivity index is 1.34. The number of hydrogen-bond acceptors (Lipinski definition) is 4. The Morgan fingerprint density at radius 3 is 2.46 bits per heavy atom. The molecule has 3 unspecified atom stereocenters. The third-order valence-electron chi connectivity index (χ3n) is 9.03. The van der Waals surface area contributed by atoms with E-state index in [1.807, 2.05) is 24.3 Å². The maximum Gasteiger partial charge on any atom is 0.214 e. The normalized spacial score (nSPS) is 23.6. The van der Waals surface area contributed by atoms with Gasteiger partial charge in [0.05, 0.1) is 5.57 Å². The van der Waals surface area contributed by atoms with Gasteiger partial charge in [0.2, 0.25) is 5.79 Å². The maximum absolute atomic E-state index is 13.2. The number of ether oxygens (including phenoxy) is 1. The quantitative estimate of drug-likeness (QED) is 0.379. The fourth-order valence-electron chi connectivity index (χ4n) is 6.61. The zero-order chi connectivity index (χ0) is 27.8. The molecule has 5 rings (SSSR count).